The van der Waals surface area contributed by atoms with Crippen LogP contribution in [-0.2, 0) is 9.59 Å². The fraction of sp³-hybridized carbons (Fsp3) is 0.750. The Hall–Kier alpha value is -1.42. The second-order valence-corrected chi connectivity index (χ2v) is 8.60. The van der Waals surface area contributed by atoms with E-state index in [0.29, 0.717) is 18.1 Å². The number of Topliss-reactive ketones (excluding diaryl/α,β-unsaturated/α-hetero) is 1. The summed E-state index contributed by atoms with van der Waals surface area (Å²) in [5.41, 5.74) is 1.26. The van der Waals surface area contributed by atoms with Gasteiger partial charge >= 0.3 is 5.97 Å². The molecule has 2 N–H and O–H groups in total. The van der Waals surface area contributed by atoms with Gasteiger partial charge in [0.1, 0.15) is 5.78 Å². The Kier molecular flexibility index (Phi) is 9.97. The number of carboxylic acids is 1. The Labute approximate surface area is 170 Å². The Balaban J connectivity index is 1.86. The third-order valence-electron chi connectivity index (χ3n) is 6.41. The normalized spacial score (nSPS) is 25.7. The summed E-state index contributed by atoms with van der Waals surface area (Å²) < 4.78 is 0. The minimum absolute atomic E-state index is 0.103. The fourth-order valence-electron chi connectivity index (χ4n) is 4.73. The van der Waals surface area contributed by atoms with E-state index in [1.54, 1.807) is 0 Å². The SMILES string of the molecule is CCCCC[C@@H](O)C1C=C([C@H]2CCC(=O)[C@@H]2CCCCCCC(=O)O)C=CC1. The van der Waals surface area contributed by atoms with E-state index in [4.69, 9.17) is 5.11 Å². The van der Waals surface area contributed by atoms with Crippen molar-refractivity contribution in [1.29, 1.82) is 0 Å². The summed E-state index contributed by atoms with van der Waals surface area (Å²) in [6, 6.07) is 0. The van der Waals surface area contributed by atoms with Crippen LogP contribution in [0.4, 0.5) is 0 Å². The predicted octanol–water partition coefficient (Wildman–Crippen LogP) is 5.45. The van der Waals surface area contributed by atoms with Crippen molar-refractivity contribution < 1.29 is 19.8 Å². The zero-order valence-corrected chi connectivity index (χ0v) is 17.4. The van der Waals surface area contributed by atoms with Crippen molar-refractivity contribution in [1.82, 2.24) is 0 Å². The van der Waals surface area contributed by atoms with Crippen LogP contribution in [0.3, 0.4) is 0 Å². The van der Waals surface area contributed by atoms with Crippen molar-refractivity contribution in [3.05, 3.63) is 23.8 Å². The van der Waals surface area contributed by atoms with Crippen LogP contribution in [0.1, 0.15) is 90.4 Å². The Morgan fingerprint density at radius 3 is 2.71 bits per heavy atom. The van der Waals surface area contributed by atoms with Gasteiger partial charge in [-0.15, -0.1) is 0 Å². The number of hydrogen-bond donors (Lipinski definition) is 2. The first-order valence-corrected chi connectivity index (χ1v) is 11.3. The van der Waals surface area contributed by atoms with E-state index in [2.05, 4.69) is 25.2 Å². The zero-order valence-electron chi connectivity index (χ0n) is 17.4. The molecule has 4 heteroatoms. The average Bonchev–Trinajstić information content (AvgIpc) is 3.05. The minimum Gasteiger partial charge on any atom is -0.481 e. The van der Waals surface area contributed by atoms with Crippen LogP contribution in [0.25, 0.3) is 0 Å². The molecule has 1 unspecified atom stereocenters. The highest BCUT2D eigenvalue weighted by molar-refractivity contribution is 5.84. The molecule has 0 aromatic heterocycles. The number of aliphatic hydroxyl groups excluding tert-OH is 1. The molecule has 0 radical (unpaired) electrons. The second kappa shape index (κ2) is 12.2. The molecule has 0 heterocycles. The van der Waals surface area contributed by atoms with Gasteiger partial charge in [0, 0.05) is 24.7 Å². The molecule has 0 aliphatic heterocycles. The summed E-state index contributed by atoms with van der Waals surface area (Å²) in [5, 5.41) is 19.3. The van der Waals surface area contributed by atoms with E-state index in [1.165, 1.54) is 18.4 Å². The first kappa shape index (κ1) is 22.9. The van der Waals surface area contributed by atoms with Gasteiger partial charge < -0.3 is 10.2 Å². The number of carboxylic acid groups (broad SMARTS) is 1. The van der Waals surface area contributed by atoms with E-state index < -0.39 is 5.97 Å². The third kappa shape index (κ3) is 7.20. The minimum atomic E-state index is -0.728. The van der Waals surface area contributed by atoms with Crippen LogP contribution in [0.2, 0.25) is 0 Å². The average molecular weight is 391 g/mol. The number of ketones is 1. The lowest BCUT2D eigenvalue weighted by molar-refractivity contribution is -0.137. The van der Waals surface area contributed by atoms with Crippen LogP contribution < -0.4 is 0 Å². The Morgan fingerprint density at radius 1 is 1.18 bits per heavy atom. The second-order valence-electron chi connectivity index (χ2n) is 8.60. The predicted molar refractivity (Wildman–Crippen MR) is 112 cm³/mol. The quantitative estimate of drug-likeness (QED) is 0.410. The van der Waals surface area contributed by atoms with Crippen molar-refractivity contribution in [2.45, 2.75) is 96.5 Å². The van der Waals surface area contributed by atoms with Crippen LogP contribution in [0, 0.1) is 17.8 Å². The molecule has 158 valence electrons. The number of hydrogen-bond acceptors (Lipinski definition) is 3. The molecule has 0 spiro atoms. The molecule has 0 saturated heterocycles. The highest BCUT2D eigenvalue weighted by atomic mass is 16.4. The summed E-state index contributed by atoms with van der Waals surface area (Å²) in [4.78, 5) is 23.0. The van der Waals surface area contributed by atoms with Crippen molar-refractivity contribution in [3.8, 4) is 0 Å². The first-order valence-electron chi connectivity index (χ1n) is 11.3. The number of unbranched alkanes of at least 4 members (excludes halogenated alkanes) is 5. The topological polar surface area (TPSA) is 74.6 Å². The molecule has 4 atom stereocenters. The Morgan fingerprint density at radius 2 is 1.96 bits per heavy atom. The lowest BCUT2D eigenvalue weighted by atomic mass is 9.79. The van der Waals surface area contributed by atoms with Crippen LogP contribution in [0.15, 0.2) is 23.8 Å². The van der Waals surface area contributed by atoms with Gasteiger partial charge in [0.25, 0.3) is 0 Å². The maximum atomic E-state index is 12.4. The number of allylic oxidation sites excluding steroid dienone is 3. The standard InChI is InChI=1S/C24H38O4/c1-2-3-6-13-22(25)19-11-9-10-18(17-19)20-15-16-23(26)21(20)12-7-4-5-8-14-24(27)28/h9-10,17,19-22,25H,2-8,11-16H2,1H3,(H,27,28)/t19?,20-,21-,22-/m1/s1. The van der Waals surface area contributed by atoms with Gasteiger partial charge in [-0.3, -0.25) is 9.59 Å². The molecule has 28 heavy (non-hydrogen) atoms. The van der Waals surface area contributed by atoms with Gasteiger partial charge in [0.05, 0.1) is 6.10 Å². The van der Waals surface area contributed by atoms with Gasteiger partial charge in [-0.2, -0.15) is 0 Å². The van der Waals surface area contributed by atoms with Gasteiger partial charge in [0.15, 0.2) is 0 Å². The van der Waals surface area contributed by atoms with E-state index in [9.17, 15) is 14.7 Å². The molecule has 2 aliphatic rings. The number of aliphatic hydroxyl groups is 1. The molecule has 0 aromatic carbocycles. The third-order valence-corrected chi connectivity index (χ3v) is 6.41. The van der Waals surface area contributed by atoms with Gasteiger partial charge in [-0.05, 0) is 43.6 Å². The molecule has 0 aromatic rings. The maximum Gasteiger partial charge on any atom is 0.303 e. The molecular weight excluding hydrogens is 352 g/mol. The van der Waals surface area contributed by atoms with Crippen LogP contribution >= 0.6 is 0 Å². The molecule has 4 nitrogen and oxygen atoms in total. The monoisotopic (exact) mass is 390 g/mol. The molecule has 1 saturated carbocycles. The van der Waals surface area contributed by atoms with Gasteiger partial charge in [0.2, 0.25) is 0 Å². The summed E-state index contributed by atoms with van der Waals surface area (Å²) in [6.07, 6.45) is 17.9. The number of carbonyl (C=O) groups excluding carboxylic acids is 1. The molecule has 2 rings (SSSR count). The van der Waals surface area contributed by atoms with Gasteiger partial charge in [-0.25, -0.2) is 0 Å². The number of carbonyl (C=O) groups is 2. The van der Waals surface area contributed by atoms with E-state index in [-0.39, 0.29) is 24.4 Å². The lowest BCUT2D eigenvalue weighted by Crippen LogP contribution is -2.23. The molecule has 0 bridgehead atoms. The number of aliphatic carboxylic acids is 1. The highest BCUT2D eigenvalue weighted by Gasteiger charge is 2.36. The molecule has 1 fully saturated rings. The van der Waals surface area contributed by atoms with Crippen molar-refractivity contribution in [2.24, 2.45) is 17.8 Å². The fourth-order valence-corrected chi connectivity index (χ4v) is 4.73. The molecular formula is C24H38O4. The molecule has 2 aliphatic carbocycles. The molecule has 0 amide bonds. The zero-order chi connectivity index (χ0) is 20.4. The van der Waals surface area contributed by atoms with E-state index >= 15 is 0 Å². The van der Waals surface area contributed by atoms with Crippen molar-refractivity contribution >= 4 is 11.8 Å². The Bertz CT molecular complexity index is 563. The van der Waals surface area contributed by atoms with Crippen LogP contribution in [0.5, 0.6) is 0 Å². The van der Waals surface area contributed by atoms with Crippen LogP contribution in [-0.4, -0.2) is 28.1 Å². The largest absolute Gasteiger partial charge is 0.481 e. The smallest absolute Gasteiger partial charge is 0.303 e. The summed E-state index contributed by atoms with van der Waals surface area (Å²) in [7, 11) is 0. The highest BCUT2D eigenvalue weighted by Crippen LogP contribution is 2.40. The summed E-state index contributed by atoms with van der Waals surface area (Å²) in [6.45, 7) is 2.18. The lowest BCUT2D eigenvalue weighted by Gasteiger charge is -2.27. The van der Waals surface area contributed by atoms with Crippen molar-refractivity contribution in [3.63, 3.8) is 0 Å². The summed E-state index contributed by atoms with van der Waals surface area (Å²) in [5.74, 6) is 0.243. The van der Waals surface area contributed by atoms with Gasteiger partial charge in [-0.1, -0.05) is 63.7 Å². The van der Waals surface area contributed by atoms with E-state index in [1.807, 2.05) is 0 Å². The van der Waals surface area contributed by atoms with Crippen molar-refractivity contribution in [2.75, 3.05) is 0 Å². The van der Waals surface area contributed by atoms with E-state index in [0.717, 1.165) is 57.8 Å². The first-order chi connectivity index (χ1) is 13.5. The number of rotatable bonds is 13. The maximum absolute atomic E-state index is 12.4. The summed E-state index contributed by atoms with van der Waals surface area (Å²) >= 11 is 0.